The van der Waals surface area contributed by atoms with Gasteiger partial charge < -0.3 is 15.4 Å². The minimum absolute atomic E-state index is 0.347. The molecule has 0 bridgehead atoms. The molecular weight excluding hydrogens is 250 g/mol. The SMILES string of the molecule is CC(C)COc1nc(N2CCCC(C)(C)C2)ccc1N. The molecule has 2 rings (SSSR count). The Morgan fingerprint density at radius 2 is 2.15 bits per heavy atom. The fraction of sp³-hybridized carbons (Fsp3) is 0.688. The number of nitrogen functional groups attached to an aromatic ring is 1. The van der Waals surface area contributed by atoms with Crippen molar-refractivity contribution in [3.8, 4) is 5.88 Å². The molecule has 2 heterocycles. The van der Waals surface area contributed by atoms with Crippen molar-refractivity contribution < 1.29 is 4.74 Å². The van der Waals surface area contributed by atoms with E-state index in [1.165, 1.54) is 12.8 Å². The Morgan fingerprint density at radius 1 is 1.40 bits per heavy atom. The van der Waals surface area contributed by atoms with Crippen LogP contribution in [0.5, 0.6) is 5.88 Å². The monoisotopic (exact) mass is 277 g/mol. The van der Waals surface area contributed by atoms with Gasteiger partial charge in [0.05, 0.1) is 12.3 Å². The fourth-order valence-corrected chi connectivity index (χ4v) is 2.60. The van der Waals surface area contributed by atoms with Crippen LogP contribution in [0, 0.1) is 11.3 Å². The van der Waals surface area contributed by atoms with Crippen molar-refractivity contribution in [2.24, 2.45) is 11.3 Å². The summed E-state index contributed by atoms with van der Waals surface area (Å²) >= 11 is 0. The van der Waals surface area contributed by atoms with E-state index in [0.717, 1.165) is 18.9 Å². The number of nitrogens with zero attached hydrogens (tertiary/aromatic N) is 2. The van der Waals surface area contributed by atoms with E-state index in [1.54, 1.807) is 0 Å². The first kappa shape index (κ1) is 14.9. The van der Waals surface area contributed by atoms with Crippen LogP contribution in [0.2, 0.25) is 0 Å². The lowest BCUT2D eigenvalue weighted by Gasteiger charge is -2.38. The van der Waals surface area contributed by atoms with Gasteiger partial charge in [-0.25, -0.2) is 0 Å². The Morgan fingerprint density at radius 3 is 2.80 bits per heavy atom. The molecule has 0 amide bonds. The number of pyridine rings is 1. The Labute approximate surface area is 122 Å². The highest BCUT2D eigenvalue weighted by Gasteiger charge is 2.27. The topological polar surface area (TPSA) is 51.4 Å². The van der Waals surface area contributed by atoms with Crippen LogP contribution in [-0.2, 0) is 0 Å². The molecule has 0 spiro atoms. The second kappa shape index (κ2) is 5.90. The number of nitrogens with two attached hydrogens (primary N) is 1. The van der Waals surface area contributed by atoms with E-state index >= 15 is 0 Å². The van der Waals surface area contributed by atoms with Crippen molar-refractivity contribution in [3.05, 3.63) is 12.1 Å². The largest absolute Gasteiger partial charge is 0.476 e. The molecular formula is C16H27N3O. The molecule has 0 saturated carbocycles. The molecule has 1 aromatic rings. The van der Waals surface area contributed by atoms with E-state index in [0.29, 0.717) is 29.5 Å². The van der Waals surface area contributed by atoms with Crippen LogP contribution in [0.25, 0.3) is 0 Å². The Balaban J connectivity index is 2.14. The minimum atomic E-state index is 0.347. The minimum Gasteiger partial charge on any atom is -0.476 e. The lowest BCUT2D eigenvalue weighted by Crippen LogP contribution is -2.40. The van der Waals surface area contributed by atoms with Crippen molar-refractivity contribution in [2.45, 2.75) is 40.5 Å². The molecule has 0 aromatic carbocycles. The molecule has 1 aliphatic rings. The zero-order valence-corrected chi connectivity index (χ0v) is 13.1. The van der Waals surface area contributed by atoms with Crippen LogP contribution < -0.4 is 15.4 Å². The quantitative estimate of drug-likeness (QED) is 0.917. The van der Waals surface area contributed by atoms with Gasteiger partial charge in [0.1, 0.15) is 5.82 Å². The molecule has 0 unspecified atom stereocenters. The first-order valence-electron chi connectivity index (χ1n) is 7.52. The van der Waals surface area contributed by atoms with E-state index in [4.69, 9.17) is 10.5 Å². The number of rotatable bonds is 4. The molecule has 0 aliphatic carbocycles. The van der Waals surface area contributed by atoms with Gasteiger partial charge in [-0.05, 0) is 36.3 Å². The summed E-state index contributed by atoms with van der Waals surface area (Å²) in [5, 5.41) is 0. The number of hydrogen-bond donors (Lipinski definition) is 1. The Hall–Kier alpha value is -1.45. The highest BCUT2D eigenvalue weighted by Crippen LogP contribution is 2.32. The summed E-state index contributed by atoms with van der Waals surface area (Å²) in [5.41, 5.74) is 6.92. The van der Waals surface area contributed by atoms with Gasteiger partial charge in [0.15, 0.2) is 0 Å². The second-order valence-corrected chi connectivity index (χ2v) is 6.96. The third-order valence-electron chi connectivity index (χ3n) is 3.65. The highest BCUT2D eigenvalue weighted by atomic mass is 16.5. The van der Waals surface area contributed by atoms with Crippen LogP contribution in [-0.4, -0.2) is 24.7 Å². The van der Waals surface area contributed by atoms with Crippen LogP contribution >= 0.6 is 0 Å². The number of hydrogen-bond acceptors (Lipinski definition) is 4. The molecule has 2 N–H and O–H groups in total. The molecule has 1 fully saturated rings. The predicted octanol–water partition coefficient (Wildman–Crippen LogP) is 3.33. The lowest BCUT2D eigenvalue weighted by atomic mass is 9.84. The van der Waals surface area contributed by atoms with Gasteiger partial charge in [-0.1, -0.05) is 27.7 Å². The van der Waals surface area contributed by atoms with Crippen molar-refractivity contribution in [1.82, 2.24) is 4.98 Å². The first-order chi connectivity index (χ1) is 9.37. The summed E-state index contributed by atoms with van der Waals surface area (Å²) in [5.74, 6) is 2.01. The van der Waals surface area contributed by atoms with Gasteiger partial charge >= 0.3 is 0 Å². The molecule has 1 saturated heterocycles. The summed E-state index contributed by atoms with van der Waals surface area (Å²) < 4.78 is 5.72. The maximum atomic E-state index is 5.95. The molecule has 0 radical (unpaired) electrons. The van der Waals surface area contributed by atoms with Gasteiger partial charge in [-0.2, -0.15) is 4.98 Å². The van der Waals surface area contributed by atoms with Gasteiger partial charge in [0.25, 0.3) is 0 Å². The Kier molecular flexibility index (Phi) is 4.41. The van der Waals surface area contributed by atoms with Crippen molar-refractivity contribution >= 4 is 11.5 Å². The summed E-state index contributed by atoms with van der Waals surface area (Å²) in [4.78, 5) is 6.95. The van der Waals surface area contributed by atoms with Gasteiger partial charge in [0.2, 0.25) is 5.88 Å². The Bertz CT molecular complexity index is 457. The molecule has 4 heteroatoms. The van der Waals surface area contributed by atoms with E-state index in [1.807, 2.05) is 12.1 Å². The summed E-state index contributed by atoms with van der Waals surface area (Å²) in [6.45, 7) is 11.6. The number of anilines is 2. The highest BCUT2D eigenvalue weighted by molar-refractivity contribution is 5.54. The molecule has 112 valence electrons. The maximum absolute atomic E-state index is 5.95. The maximum Gasteiger partial charge on any atom is 0.239 e. The second-order valence-electron chi connectivity index (χ2n) is 6.96. The zero-order valence-electron chi connectivity index (χ0n) is 13.1. The van der Waals surface area contributed by atoms with Crippen molar-refractivity contribution in [3.63, 3.8) is 0 Å². The number of aromatic nitrogens is 1. The zero-order chi connectivity index (χ0) is 14.8. The van der Waals surface area contributed by atoms with Gasteiger partial charge in [-0.3, -0.25) is 0 Å². The molecule has 0 atom stereocenters. The van der Waals surface area contributed by atoms with Crippen molar-refractivity contribution in [1.29, 1.82) is 0 Å². The van der Waals surface area contributed by atoms with Crippen LogP contribution in [0.15, 0.2) is 12.1 Å². The summed E-state index contributed by atoms with van der Waals surface area (Å²) in [6.07, 6.45) is 2.48. The van der Waals surface area contributed by atoms with Crippen LogP contribution in [0.1, 0.15) is 40.5 Å². The van der Waals surface area contributed by atoms with E-state index in [2.05, 4.69) is 37.6 Å². The first-order valence-corrected chi connectivity index (χ1v) is 7.52. The molecule has 20 heavy (non-hydrogen) atoms. The third-order valence-corrected chi connectivity index (χ3v) is 3.65. The summed E-state index contributed by atoms with van der Waals surface area (Å²) in [7, 11) is 0. The van der Waals surface area contributed by atoms with E-state index in [-0.39, 0.29) is 0 Å². The summed E-state index contributed by atoms with van der Waals surface area (Å²) in [6, 6.07) is 3.90. The smallest absolute Gasteiger partial charge is 0.239 e. The lowest BCUT2D eigenvalue weighted by molar-refractivity contribution is 0.261. The van der Waals surface area contributed by atoms with E-state index in [9.17, 15) is 0 Å². The van der Waals surface area contributed by atoms with Crippen molar-refractivity contribution in [2.75, 3.05) is 30.3 Å². The van der Waals surface area contributed by atoms with Gasteiger partial charge in [0, 0.05) is 13.1 Å². The normalized spacial score (nSPS) is 18.4. The standard InChI is InChI=1S/C16H27N3O/c1-12(2)10-20-15-13(17)6-7-14(18-15)19-9-5-8-16(3,4)11-19/h6-7,12H,5,8-11,17H2,1-4H3. The number of ether oxygens (including phenoxy) is 1. The molecule has 1 aliphatic heterocycles. The predicted molar refractivity (Wildman–Crippen MR) is 84.2 cm³/mol. The average molecular weight is 277 g/mol. The average Bonchev–Trinajstić information content (AvgIpc) is 2.36. The number of piperidine rings is 1. The van der Waals surface area contributed by atoms with E-state index < -0.39 is 0 Å². The van der Waals surface area contributed by atoms with Crippen LogP contribution in [0.3, 0.4) is 0 Å². The van der Waals surface area contributed by atoms with Crippen LogP contribution in [0.4, 0.5) is 11.5 Å². The molecule has 4 nitrogen and oxygen atoms in total. The third kappa shape index (κ3) is 3.78. The van der Waals surface area contributed by atoms with Gasteiger partial charge in [-0.15, -0.1) is 0 Å². The fourth-order valence-electron chi connectivity index (χ4n) is 2.60. The molecule has 1 aromatic heterocycles.